The van der Waals surface area contributed by atoms with Gasteiger partial charge in [-0.3, -0.25) is 0 Å². The van der Waals surface area contributed by atoms with Gasteiger partial charge in [0, 0.05) is 28.8 Å². The van der Waals surface area contributed by atoms with Crippen molar-refractivity contribution in [3.63, 3.8) is 0 Å². The first-order valence-corrected chi connectivity index (χ1v) is 9.19. The second kappa shape index (κ2) is 7.32. The molecule has 6 heteroatoms. The highest BCUT2D eigenvalue weighted by Crippen LogP contribution is 2.24. The number of aromatic nitrogens is 1. The second-order valence-electron chi connectivity index (χ2n) is 6.41. The Labute approximate surface area is 146 Å². The van der Waals surface area contributed by atoms with Gasteiger partial charge < -0.3 is 16.0 Å². The third-order valence-electron chi connectivity index (χ3n) is 4.09. The average molecular weight is 344 g/mol. The summed E-state index contributed by atoms with van der Waals surface area (Å²) in [7, 11) is 0. The Morgan fingerprint density at radius 3 is 2.50 bits per heavy atom. The van der Waals surface area contributed by atoms with Crippen molar-refractivity contribution in [1.29, 1.82) is 0 Å². The molecule has 2 aromatic rings. The summed E-state index contributed by atoms with van der Waals surface area (Å²) in [6.45, 7) is 6.34. The number of amides is 2. The van der Waals surface area contributed by atoms with Gasteiger partial charge in [-0.25, -0.2) is 9.78 Å². The lowest BCUT2D eigenvalue weighted by molar-refractivity contribution is 0.251. The van der Waals surface area contributed by atoms with Crippen LogP contribution in [0.4, 0.5) is 10.5 Å². The van der Waals surface area contributed by atoms with Crippen molar-refractivity contribution >= 4 is 23.1 Å². The molecule has 1 aromatic heterocycles. The van der Waals surface area contributed by atoms with Gasteiger partial charge >= 0.3 is 6.03 Å². The van der Waals surface area contributed by atoms with Crippen molar-refractivity contribution in [3.8, 4) is 0 Å². The Bertz CT molecular complexity index is 693. The summed E-state index contributed by atoms with van der Waals surface area (Å²) in [5.74, 6) is 0. The number of anilines is 1. The fourth-order valence-corrected chi connectivity index (χ4v) is 3.34. The van der Waals surface area contributed by atoms with Gasteiger partial charge in [0.25, 0.3) is 0 Å². The molecule has 3 N–H and O–H groups in total. The molecule has 1 fully saturated rings. The van der Waals surface area contributed by atoms with Crippen molar-refractivity contribution in [2.45, 2.75) is 51.7 Å². The van der Waals surface area contributed by atoms with E-state index in [0.717, 1.165) is 23.5 Å². The van der Waals surface area contributed by atoms with Crippen LogP contribution >= 0.6 is 11.3 Å². The molecule has 1 saturated carbocycles. The van der Waals surface area contributed by atoms with Crippen molar-refractivity contribution in [2.24, 2.45) is 0 Å². The van der Waals surface area contributed by atoms with E-state index in [1.807, 2.05) is 30.5 Å². The standard InChI is InChI=1S/C18H24N4OS/c1-11-10-19-17(24-11)13(3)20-12(2)14-4-6-15(7-5-14)21-18(23)22-16-8-9-16/h4-7,10,12-13,16,20H,8-9H2,1-3H3,(H2,21,22,23)/t12-,13+/m1/s1. The molecule has 5 nitrogen and oxygen atoms in total. The normalized spacial score (nSPS) is 16.5. The number of carbonyl (C=O) groups is 1. The van der Waals surface area contributed by atoms with Crippen LogP contribution in [0.1, 0.15) is 54.2 Å². The molecule has 1 heterocycles. The van der Waals surface area contributed by atoms with Crippen LogP contribution in [0.25, 0.3) is 0 Å². The molecule has 2 atom stereocenters. The van der Waals surface area contributed by atoms with Crippen molar-refractivity contribution < 1.29 is 4.79 Å². The quantitative estimate of drug-likeness (QED) is 0.737. The first-order valence-electron chi connectivity index (χ1n) is 8.37. The van der Waals surface area contributed by atoms with E-state index in [0.29, 0.717) is 6.04 Å². The predicted molar refractivity (Wildman–Crippen MR) is 98.4 cm³/mol. The third kappa shape index (κ3) is 4.55. The number of hydrogen-bond acceptors (Lipinski definition) is 4. The maximum absolute atomic E-state index is 11.7. The SMILES string of the molecule is Cc1cnc([C@H](C)N[C@H](C)c2ccc(NC(=O)NC3CC3)cc2)s1. The molecule has 0 bridgehead atoms. The number of urea groups is 1. The summed E-state index contributed by atoms with van der Waals surface area (Å²) in [5, 5.41) is 10.5. The van der Waals surface area contributed by atoms with Gasteiger partial charge in [0.05, 0.1) is 6.04 Å². The van der Waals surface area contributed by atoms with Crippen LogP contribution in [-0.4, -0.2) is 17.1 Å². The molecular weight excluding hydrogens is 320 g/mol. The summed E-state index contributed by atoms with van der Waals surface area (Å²) in [6, 6.07) is 8.64. The first kappa shape index (κ1) is 16.9. The van der Waals surface area contributed by atoms with Crippen LogP contribution in [0, 0.1) is 6.92 Å². The minimum Gasteiger partial charge on any atom is -0.335 e. The number of benzene rings is 1. The zero-order chi connectivity index (χ0) is 17.1. The van der Waals surface area contributed by atoms with Crippen LogP contribution < -0.4 is 16.0 Å². The van der Waals surface area contributed by atoms with Gasteiger partial charge in [-0.1, -0.05) is 12.1 Å². The van der Waals surface area contributed by atoms with Crippen molar-refractivity contribution in [3.05, 3.63) is 45.9 Å². The van der Waals surface area contributed by atoms with Crippen LogP contribution in [0.2, 0.25) is 0 Å². The fourth-order valence-electron chi connectivity index (χ4n) is 2.55. The number of thiazole rings is 1. The minimum atomic E-state index is -0.121. The molecule has 2 amide bonds. The van der Waals surface area contributed by atoms with Crippen LogP contribution in [0.15, 0.2) is 30.5 Å². The fraction of sp³-hybridized carbons (Fsp3) is 0.444. The maximum atomic E-state index is 11.7. The van der Waals surface area contributed by atoms with Gasteiger partial charge in [-0.05, 0) is 51.3 Å². The van der Waals surface area contributed by atoms with E-state index in [9.17, 15) is 4.79 Å². The van der Waals surface area contributed by atoms with Crippen molar-refractivity contribution in [2.75, 3.05) is 5.32 Å². The molecular formula is C18H24N4OS. The van der Waals surface area contributed by atoms with E-state index < -0.39 is 0 Å². The van der Waals surface area contributed by atoms with Crippen LogP contribution in [-0.2, 0) is 0 Å². The minimum absolute atomic E-state index is 0.121. The molecule has 0 saturated heterocycles. The lowest BCUT2D eigenvalue weighted by Crippen LogP contribution is -2.30. The molecule has 1 aliphatic carbocycles. The van der Waals surface area contributed by atoms with E-state index in [2.05, 4.69) is 41.7 Å². The number of rotatable bonds is 6. The van der Waals surface area contributed by atoms with E-state index in [4.69, 9.17) is 0 Å². The molecule has 0 spiro atoms. The molecule has 1 aliphatic rings. The summed E-state index contributed by atoms with van der Waals surface area (Å²) in [5.41, 5.74) is 2.00. The molecule has 0 unspecified atom stereocenters. The molecule has 0 radical (unpaired) electrons. The van der Waals surface area contributed by atoms with E-state index in [-0.39, 0.29) is 18.1 Å². The summed E-state index contributed by atoms with van der Waals surface area (Å²) in [4.78, 5) is 17.4. The van der Waals surface area contributed by atoms with Gasteiger partial charge in [0.15, 0.2) is 0 Å². The average Bonchev–Trinajstić information content (AvgIpc) is 3.25. The number of hydrogen-bond donors (Lipinski definition) is 3. The first-order chi connectivity index (χ1) is 11.5. The Kier molecular flexibility index (Phi) is 5.16. The topological polar surface area (TPSA) is 66.0 Å². The van der Waals surface area contributed by atoms with Gasteiger partial charge in [-0.2, -0.15) is 0 Å². The van der Waals surface area contributed by atoms with Gasteiger partial charge in [-0.15, -0.1) is 11.3 Å². The number of aryl methyl sites for hydroxylation is 1. The molecule has 3 rings (SSSR count). The lowest BCUT2D eigenvalue weighted by atomic mass is 10.1. The zero-order valence-corrected chi connectivity index (χ0v) is 15.1. The van der Waals surface area contributed by atoms with Gasteiger partial charge in [0.1, 0.15) is 5.01 Å². The maximum Gasteiger partial charge on any atom is 0.319 e. The third-order valence-corrected chi connectivity index (χ3v) is 5.19. The molecule has 0 aliphatic heterocycles. The zero-order valence-electron chi connectivity index (χ0n) is 14.3. The molecule has 1 aromatic carbocycles. The van der Waals surface area contributed by atoms with Crippen molar-refractivity contribution in [1.82, 2.24) is 15.6 Å². The monoisotopic (exact) mass is 344 g/mol. The molecule has 24 heavy (non-hydrogen) atoms. The largest absolute Gasteiger partial charge is 0.335 e. The lowest BCUT2D eigenvalue weighted by Gasteiger charge is -2.19. The highest BCUT2D eigenvalue weighted by molar-refractivity contribution is 7.11. The summed E-state index contributed by atoms with van der Waals surface area (Å²) >= 11 is 1.72. The Hall–Kier alpha value is -1.92. The summed E-state index contributed by atoms with van der Waals surface area (Å²) < 4.78 is 0. The van der Waals surface area contributed by atoms with E-state index >= 15 is 0 Å². The summed E-state index contributed by atoms with van der Waals surface area (Å²) in [6.07, 6.45) is 4.09. The smallest absolute Gasteiger partial charge is 0.319 e. The number of carbonyl (C=O) groups excluding carboxylic acids is 1. The Balaban J connectivity index is 1.54. The predicted octanol–water partition coefficient (Wildman–Crippen LogP) is 4.15. The second-order valence-corrected chi connectivity index (χ2v) is 7.68. The number of nitrogens with one attached hydrogen (secondary N) is 3. The molecule has 128 valence electrons. The Morgan fingerprint density at radius 1 is 1.21 bits per heavy atom. The highest BCUT2D eigenvalue weighted by atomic mass is 32.1. The van der Waals surface area contributed by atoms with E-state index in [1.54, 1.807) is 11.3 Å². The highest BCUT2D eigenvalue weighted by Gasteiger charge is 2.23. The van der Waals surface area contributed by atoms with Crippen LogP contribution in [0.3, 0.4) is 0 Å². The van der Waals surface area contributed by atoms with E-state index in [1.165, 1.54) is 10.4 Å². The Morgan fingerprint density at radius 2 is 1.92 bits per heavy atom. The van der Waals surface area contributed by atoms with Gasteiger partial charge in [0.2, 0.25) is 0 Å². The van der Waals surface area contributed by atoms with Crippen LogP contribution in [0.5, 0.6) is 0 Å². The number of nitrogens with zero attached hydrogens (tertiary/aromatic N) is 1.